The number of aromatic nitrogens is 2. The van der Waals surface area contributed by atoms with Crippen LogP contribution >= 0.6 is 0 Å². The summed E-state index contributed by atoms with van der Waals surface area (Å²) in [5.74, 6) is 0.866. The predicted molar refractivity (Wildman–Crippen MR) is 93.0 cm³/mol. The fraction of sp³-hybridized carbons (Fsp3) is 0.316. The van der Waals surface area contributed by atoms with Gasteiger partial charge >= 0.3 is 0 Å². The van der Waals surface area contributed by atoms with Gasteiger partial charge < -0.3 is 4.98 Å². The molecule has 0 unspecified atom stereocenters. The van der Waals surface area contributed by atoms with E-state index in [9.17, 15) is 4.39 Å². The summed E-state index contributed by atoms with van der Waals surface area (Å²) in [5.41, 5.74) is 3.16. The highest BCUT2D eigenvalue weighted by atomic mass is 19.1. The van der Waals surface area contributed by atoms with Crippen LogP contribution in [0.2, 0.25) is 0 Å². The molecule has 1 fully saturated rings. The minimum atomic E-state index is -0.156. The molecule has 3 aromatic rings. The van der Waals surface area contributed by atoms with Crippen LogP contribution in [-0.2, 0) is 13.1 Å². The number of nitrogens with one attached hydrogen (secondary N) is 1. The molecule has 0 atom stereocenters. The molecule has 0 saturated carbocycles. The minimum Gasteiger partial charge on any atom is -0.341 e. The van der Waals surface area contributed by atoms with Gasteiger partial charge in [0.15, 0.2) is 0 Å². The molecule has 1 aromatic heterocycles. The zero-order chi connectivity index (χ0) is 16.4. The molecule has 1 N–H and O–H groups in total. The number of nitrogens with zero attached hydrogens (tertiary/aromatic N) is 3. The number of para-hydroxylation sites is 2. The van der Waals surface area contributed by atoms with Gasteiger partial charge in [-0.3, -0.25) is 9.80 Å². The lowest BCUT2D eigenvalue weighted by molar-refractivity contribution is 0.120. The third-order valence-electron chi connectivity index (χ3n) is 4.57. The van der Waals surface area contributed by atoms with Crippen LogP contribution in [-0.4, -0.2) is 45.9 Å². The summed E-state index contributed by atoms with van der Waals surface area (Å²) < 4.78 is 13.3. The number of hydrogen-bond acceptors (Lipinski definition) is 3. The van der Waals surface area contributed by atoms with Crippen LogP contribution in [0.15, 0.2) is 48.5 Å². The molecule has 4 rings (SSSR count). The second-order valence-electron chi connectivity index (χ2n) is 6.38. The average Bonchev–Trinajstić information content (AvgIpc) is 2.99. The Morgan fingerprint density at radius 3 is 2.42 bits per heavy atom. The van der Waals surface area contributed by atoms with E-state index in [0.29, 0.717) is 0 Å². The van der Waals surface area contributed by atoms with Gasteiger partial charge in [-0.25, -0.2) is 9.37 Å². The maximum Gasteiger partial charge on any atom is 0.123 e. The SMILES string of the molecule is Fc1cccc(CN2CCN(Cc3nc4ccccc4[nH]3)CC2)c1. The van der Waals surface area contributed by atoms with Crippen molar-refractivity contribution in [3.8, 4) is 0 Å². The quantitative estimate of drug-likeness (QED) is 0.801. The summed E-state index contributed by atoms with van der Waals surface area (Å²) >= 11 is 0. The number of fused-ring (bicyclic) bond motifs is 1. The summed E-state index contributed by atoms with van der Waals surface area (Å²) in [6.07, 6.45) is 0. The Labute approximate surface area is 140 Å². The van der Waals surface area contributed by atoms with Gasteiger partial charge in [-0.05, 0) is 29.8 Å². The van der Waals surface area contributed by atoms with Gasteiger partial charge in [-0.2, -0.15) is 0 Å². The molecule has 1 saturated heterocycles. The molecule has 1 aliphatic heterocycles. The van der Waals surface area contributed by atoms with Crippen molar-refractivity contribution < 1.29 is 4.39 Å². The van der Waals surface area contributed by atoms with Gasteiger partial charge in [0, 0.05) is 32.7 Å². The number of benzene rings is 2. The highest BCUT2D eigenvalue weighted by Gasteiger charge is 2.18. The van der Waals surface area contributed by atoms with Crippen LogP contribution in [0.3, 0.4) is 0 Å². The Morgan fingerprint density at radius 1 is 0.917 bits per heavy atom. The highest BCUT2D eigenvalue weighted by Crippen LogP contribution is 2.14. The van der Waals surface area contributed by atoms with Crippen LogP contribution < -0.4 is 0 Å². The van der Waals surface area contributed by atoms with E-state index in [1.165, 1.54) is 6.07 Å². The molecule has 5 heteroatoms. The first-order valence-electron chi connectivity index (χ1n) is 8.39. The molecule has 124 valence electrons. The Balaban J connectivity index is 1.32. The van der Waals surface area contributed by atoms with Crippen LogP contribution in [0.25, 0.3) is 11.0 Å². The minimum absolute atomic E-state index is 0.156. The van der Waals surface area contributed by atoms with E-state index in [1.807, 2.05) is 24.3 Å². The molecule has 2 heterocycles. The number of aromatic amines is 1. The van der Waals surface area contributed by atoms with E-state index in [1.54, 1.807) is 12.1 Å². The maximum absolute atomic E-state index is 13.3. The Kier molecular flexibility index (Phi) is 4.28. The molecule has 0 bridgehead atoms. The first kappa shape index (κ1) is 15.3. The second kappa shape index (κ2) is 6.71. The van der Waals surface area contributed by atoms with Crippen molar-refractivity contribution in [1.82, 2.24) is 19.8 Å². The zero-order valence-corrected chi connectivity index (χ0v) is 13.6. The standard InChI is InChI=1S/C19H21FN4/c20-16-5-3-4-15(12-16)13-23-8-10-24(11-9-23)14-19-21-17-6-1-2-7-18(17)22-19/h1-7,12H,8-11,13-14H2,(H,21,22). The first-order chi connectivity index (χ1) is 11.8. The van der Waals surface area contributed by atoms with Crippen LogP contribution in [0.4, 0.5) is 4.39 Å². The number of imidazole rings is 1. The van der Waals surface area contributed by atoms with Gasteiger partial charge in [-0.1, -0.05) is 24.3 Å². The van der Waals surface area contributed by atoms with Crippen molar-refractivity contribution in [3.05, 3.63) is 65.7 Å². The Hall–Kier alpha value is -2.24. The maximum atomic E-state index is 13.3. The molecule has 0 radical (unpaired) electrons. The molecule has 0 spiro atoms. The largest absolute Gasteiger partial charge is 0.341 e. The van der Waals surface area contributed by atoms with Gasteiger partial charge in [0.2, 0.25) is 0 Å². The fourth-order valence-corrected chi connectivity index (χ4v) is 3.29. The van der Waals surface area contributed by atoms with Gasteiger partial charge in [0.05, 0.1) is 17.6 Å². The van der Waals surface area contributed by atoms with Gasteiger partial charge in [0.25, 0.3) is 0 Å². The van der Waals surface area contributed by atoms with E-state index in [2.05, 4.69) is 25.8 Å². The second-order valence-corrected chi connectivity index (χ2v) is 6.38. The molecular weight excluding hydrogens is 303 g/mol. The van der Waals surface area contributed by atoms with Crippen molar-refractivity contribution in [2.24, 2.45) is 0 Å². The molecule has 24 heavy (non-hydrogen) atoms. The third kappa shape index (κ3) is 3.47. The summed E-state index contributed by atoms with van der Waals surface area (Å²) in [6, 6.07) is 15.0. The lowest BCUT2D eigenvalue weighted by atomic mass is 10.2. The lowest BCUT2D eigenvalue weighted by Crippen LogP contribution is -2.45. The molecule has 4 nitrogen and oxygen atoms in total. The third-order valence-corrected chi connectivity index (χ3v) is 4.57. The van der Waals surface area contributed by atoms with Gasteiger partial charge in [-0.15, -0.1) is 0 Å². The van der Waals surface area contributed by atoms with Crippen LogP contribution in [0.1, 0.15) is 11.4 Å². The van der Waals surface area contributed by atoms with E-state index < -0.39 is 0 Å². The number of piperazine rings is 1. The fourth-order valence-electron chi connectivity index (χ4n) is 3.29. The topological polar surface area (TPSA) is 35.2 Å². The normalized spacial score (nSPS) is 16.7. The van der Waals surface area contributed by atoms with Crippen molar-refractivity contribution >= 4 is 11.0 Å². The number of hydrogen-bond donors (Lipinski definition) is 1. The zero-order valence-electron chi connectivity index (χ0n) is 13.6. The number of halogens is 1. The molecular formula is C19H21FN4. The first-order valence-corrected chi connectivity index (χ1v) is 8.39. The molecule has 0 aliphatic carbocycles. The van der Waals surface area contributed by atoms with Crippen molar-refractivity contribution in [1.29, 1.82) is 0 Å². The molecule has 1 aliphatic rings. The molecule has 2 aromatic carbocycles. The van der Waals surface area contributed by atoms with Crippen LogP contribution in [0, 0.1) is 5.82 Å². The lowest BCUT2D eigenvalue weighted by Gasteiger charge is -2.34. The summed E-state index contributed by atoms with van der Waals surface area (Å²) in [5, 5.41) is 0. The Bertz CT molecular complexity index is 788. The van der Waals surface area contributed by atoms with E-state index in [-0.39, 0.29) is 5.82 Å². The van der Waals surface area contributed by atoms with Crippen molar-refractivity contribution in [3.63, 3.8) is 0 Å². The Morgan fingerprint density at radius 2 is 1.67 bits per heavy atom. The number of H-pyrrole nitrogens is 1. The van der Waals surface area contributed by atoms with E-state index in [0.717, 1.165) is 61.7 Å². The number of rotatable bonds is 4. The summed E-state index contributed by atoms with van der Waals surface area (Å²) in [6.45, 7) is 5.67. The highest BCUT2D eigenvalue weighted by molar-refractivity contribution is 5.74. The summed E-state index contributed by atoms with van der Waals surface area (Å²) in [4.78, 5) is 12.8. The van der Waals surface area contributed by atoms with Gasteiger partial charge in [0.1, 0.15) is 11.6 Å². The van der Waals surface area contributed by atoms with E-state index in [4.69, 9.17) is 0 Å². The average molecular weight is 324 g/mol. The summed E-state index contributed by atoms with van der Waals surface area (Å²) in [7, 11) is 0. The van der Waals surface area contributed by atoms with Crippen molar-refractivity contribution in [2.75, 3.05) is 26.2 Å². The van der Waals surface area contributed by atoms with Crippen molar-refractivity contribution in [2.45, 2.75) is 13.1 Å². The smallest absolute Gasteiger partial charge is 0.123 e. The monoisotopic (exact) mass is 324 g/mol. The van der Waals surface area contributed by atoms with E-state index >= 15 is 0 Å². The predicted octanol–water partition coefficient (Wildman–Crippen LogP) is 3.02. The molecule has 0 amide bonds. The van der Waals surface area contributed by atoms with Crippen LogP contribution in [0.5, 0.6) is 0 Å².